The number of ether oxygens (including phenoxy) is 2. The van der Waals surface area contributed by atoms with Crippen LogP contribution in [0.2, 0.25) is 0 Å². The quantitative estimate of drug-likeness (QED) is 0.813. The summed E-state index contributed by atoms with van der Waals surface area (Å²) in [4.78, 5) is 14.1. The first kappa shape index (κ1) is 15.3. The Balaban J connectivity index is 1.85. The van der Waals surface area contributed by atoms with Crippen molar-refractivity contribution in [1.82, 2.24) is 0 Å². The monoisotopic (exact) mass is 315 g/mol. The average Bonchev–Trinajstić information content (AvgIpc) is 2.57. The molecule has 120 valence electrons. The molecule has 23 heavy (non-hydrogen) atoms. The van der Waals surface area contributed by atoms with Gasteiger partial charge in [-0.1, -0.05) is 24.3 Å². The molecule has 1 aliphatic heterocycles. The second-order valence-corrected chi connectivity index (χ2v) is 5.33. The lowest BCUT2D eigenvalue weighted by Gasteiger charge is -2.35. The van der Waals surface area contributed by atoms with E-state index in [-0.39, 0.29) is 11.8 Å². The molecule has 1 heterocycles. The lowest BCUT2D eigenvalue weighted by Crippen LogP contribution is -2.44. The summed E-state index contributed by atoms with van der Waals surface area (Å²) in [6.45, 7) is 3.05. The minimum absolute atomic E-state index is 0.263. The van der Waals surface area contributed by atoms with Crippen LogP contribution in [0.15, 0.2) is 48.5 Å². The molecule has 0 radical (unpaired) electrons. The second kappa shape index (κ2) is 6.69. The van der Waals surface area contributed by atoms with Crippen molar-refractivity contribution in [3.05, 3.63) is 59.9 Å². The molecule has 2 aromatic carbocycles. The van der Waals surface area contributed by atoms with Crippen LogP contribution in [-0.2, 0) is 16.1 Å². The number of benzene rings is 2. The van der Waals surface area contributed by atoms with Crippen molar-refractivity contribution in [2.24, 2.45) is 0 Å². The Hall–Kier alpha value is -2.56. The van der Waals surface area contributed by atoms with Crippen LogP contribution in [0, 0.1) is 5.82 Å². The average molecular weight is 315 g/mol. The van der Waals surface area contributed by atoms with E-state index in [1.165, 1.54) is 12.1 Å². The summed E-state index contributed by atoms with van der Waals surface area (Å²) >= 11 is 0. The third-order valence-electron chi connectivity index (χ3n) is 3.70. The highest BCUT2D eigenvalue weighted by Gasteiger charge is 2.31. The molecule has 1 atom stereocenters. The summed E-state index contributed by atoms with van der Waals surface area (Å²) in [6, 6.07) is 13.9. The first-order valence-electron chi connectivity index (χ1n) is 7.59. The fourth-order valence-electron chi connectivity index (χ4n) is 2.62. The fourth-order valence-corrected chi connectivity index (χ4v) is 2.62. The zero-order valence-electron chi connectivity index (χ0n) is 12.9. The maximum atomic E-state index is 13.1. The van der Waals surface area contributed by atoms with E-state index in [1.54, 1.807) is 19.1 Å². The van der Waals surface area contributed by atoms with Crippen LogP contribution in [0.4, 0.5) is 10.1 Å². The Morgan fingerprint density at radius 3 is 2.74 bits per heavy atom. The minimum atomic E-state index is -0.662. The number of esters is 1. The topological polar surface area (TPSA) is 38.8 Å². The van der Waals surface area contributed by atoms with Crippen LogP contribution < -0.4 is 9.64 Å². The molecule has 0 saturated heterocycles. The standard InChI is InChI=1S/C18H18FNO3/c1-2-22-18(21)17-12-20(11-13-7-9-14(19)10-8-13)15-5-3-4-6-16(15)23-17/h3-10,17H,2,11-12H2,1H3. The smallest absolute Gasteiger partial charge is 0.349 e. The van der Waals surface area contributed by atoms with Gasteiger partial charge in [0.2, 0.25) is 6.10 Å². The van der Waals surface area contributed by atoms with Gasteiger partial charge in [-0.05, 0) is 36.8 Å². The van der Waals surface area contributed by atoms with Gasteiger partial charge in [0.15, 0.2) is 0 Å². The molecule has 0 bridgehead atoms. The summed E-state index contributed by atoms with van der Waals surface area (Å²) in [6.07, 6.45) is -0.662. The highest BCUT2D eigenvalue weighted by molar-refractivity contribution is 5.78. The predicted octanol–water partition coefficient (Wildman–Crippen LogP) is 3.16. The molecular formula is C18H18FNO3. The van der Waals surface area contributed by atoms with Crippen molar-refractivity contribution in [2.75, 3.05) is 18.1 Å². The van der Waals surface area contributed by atoms with Crippen LogP contribution >= 0.6 is 0 Å². The van der Waals surface area contributed by atoms with Crippen molar-refractivity contribution < 1.29 is 18.7 Å². The number of fused-ring (bicyclic) bond motifs is 1. The van der Waals surface area contributed by atoms with Crippen LogP contribution in [0.25, 0.3) is 0 Å². The minimum Gasteiger partial charge on any atom is -0.475 e. The summed E-state index contributed by atoms with van der Waals surface area (Å²) in [5.74, 6) is 0.0190. The number of para-hydroxylation sites is 2. The Morgan fingerprint density at radius 1 is 1.26 bits per heavy atom. The molecule has 1 aliphatic rings. The van der Waals surface area contributed by atoms with Crippen molar-refractivity contribution in [3.63, 3.8) is 0 Å². The number of rotatable bonds is 4. The van der Waals surface area contributed by atoms with Crippen molar-refractivity contribution in [3.8, 4) is 5.75 Å². The van der Waals surface area contributed by atoms with Crippen LogP contribution in [0.3, 0.4) is 0 Å². The largest absolute Gasteiger partial charge is 0.475 e. The predicted molar refractivity (Wildman–Crippen MR) is 84.9 cm³/mol. The summed E-state index contributed by atoms with van der Waals surface area (Å²) in [5.41, 5.74) is 1.88. The van der Waals surface area contributed by atoms with Gasteiger partial charge in [-0.25, -0.2) is 9.18 Å². The van der Waals surface area contributed by atoms with E-state index in [4.69, 9.17) is 9.47 Å². The lowest BCUT2D eigenvalue weighted by atomic mass is 10.1. The highest BCUT2D eigenvalue weighted by atomic mass is 19.1. The van der Waals surface area contributed by atoms with E-state index in [9.17, 15) is 9.18 Å². The van der Waals surface area contributed by atoms with Crippen molar-refractivity contribution in [2.45, 2.75) is 19.6 Å². The van der Waals surface area contributed by atoms with Crippen molar-refractivity contribution >= 4 is 11.7 Å². The Kier molecular flexibility index (Phi) is 4.46. The Labute approximate surface area is 134 Å². The molecule has 0 amide bonds. The van der Waals surface area contributed by atoms with Crippen molar-refractivity contribution in [1.29, 1.82) is 0 Å². The number of carbonyl (C=O) groups excluding carboxylic acids is 1. The maximum absolute atomic E-state index is 13.1. The summed E-state index contributed by atoms with van der Waals surface area (Å²) in [5, 5.41) is 0. The SMILES string of the molecule is CCOC(=O)C1CN(Cc2ccc(F)cc2)c2ccccc2O1. The zero-order valence-corrected chi connectivity index (χ0v) is 12.9. The third kappa shape index (κ3) is 3.44. The fraction of sp³-hybridized carbons (Fsp3) is 0.278. The Bertz CT molecular complexity index is 687. The molecule has 0 fully saturated rings. The first-order valence-corrected chi connectivity index (χ1v) is 7.59. The molecule has 3 rings (SSSR count). The van der Waals surface area contributed by atoms with E-state index in [1.807, 2.05) is 29.2 Å². The van der Waals surface area contributed by atoms with E-state index >= 15 is 0 Å². The number of hydrogen-bond donors (Lipinski definition) is 0. The third-order valence-corrected chi connectivity index (χ3v) is 3.70. The summed E-state index contributed by atoms with van der Waals surface area (Å²) < 4.78 is 23.9. The van der Waals surface area contributed by atoms with Gasteiger partial charge in [0.05, 0.1) is 18.8 Å². The van der Waals surface area contributed by atoms with Crippen LogP contribution in [-0.4, -0.2) is 25.2 Å². The molecule has 0 aliphatic carbocycles. The Morgan fingerprint density at radius 2 is 2.00 bits per heavy atom. The number of anilines is 1. The molecule has 1 unspecified atom stereocenters. The molecular weight excluding hydrogens is 297 g/mol. The molecule has 0 saturated carbocycles. The van der Waals surface area contributed by atoms with Gasteiger partial charge in [-0.15, -0.1) is 0 Å². The normalized spacial score (nSPS) is 16.4. The number of halogens is 1. The van der Waals surface area contributed by atoms with Gasteiger partial charge in [-0.2, -0.15) is 0 Å². The van der Waals surface area contributed by atoms with Gasteiger partial charge >= 0.3 is 5.97 Å². The van der Waals surface area contributed by atoms with E-state index < -0.39 is 6.10 Å². The van der Waals surface area contributed by atoms with Gasteiger partial charge in [0.1, 0.15) is 11.6 Å². The highest BCUT2D eigenvalue weighted by Crippen LogP contribution is 2.34. The van der Waals surface area contributed by atoms with Gasteiger partial charge in [-0.3, -0.25) is 0 Å². The van der Waals surface area contributed by atoms with Gasteiger partial charge in [0, 0.05) is 6.54 Å². The molecule has 4 nitrogen and oxygen atoms in total. The van der Waals surface area contributed by atoms with Crippen LogP contribution in [0.5, 0.6) is 5.75 Å². The van der Waals surface area contributed by atoms with E-state index in [0.717, 1.165) is 11.3 Å². The molecule has 0 aromatic heterocycles. The number of nitrogens with zero attached hydrogens (tertiary/aromatic N) is 1. The van der Waals surface area contributed by atoms with E-state index in [2.05, 4.69) is 0 Å². The second-order valence-electron chi connectivity index (χ2n) is 5.33. The van der Waals surface area contributed by atoms with Crippen LogP contribution in [0.1, 0.15) is 12.5 Å². The molecule has 5 heteroatoms. The zero-order chi connectivity index (χ0) is 16.2. The van der Waals surface area contributed by atoms with Gasteiger partial charge in [0.25, 0.3) is 0 Å². The lowest BCUT2D eigenvalue weighted by molar-refractivity contribution is -0.151. The maximum Gasteiger partial charge on any atom is 0.349 e. The molecule has 0 N–H and O–H groups in total. The van der Waals surface area contributed by atoms with E-state index in [0.29, 0.717) is 25.4 Å². The molecule has 0 spiro atoms. The number of hydrogen-bond acceptors (Lipinski definition) is 4. The number of carbonyl (C=O) groups is 1. The van der Waals surface area contributed by atoms with Gasteiger partial charge < -0.3 is 14.4 Å². The first-order chi connectivity index (χ1) is 11.2. The summed E-state index contributed by atoms with van der Waals surface area (Å²) in [7, 11) is 0. The molecule has 2 aromatic rings.